The fraction of sp³-hybridized carbons (Fsp3) is 0.661. The molecule has 0 unspecified atom stereocenters. The number of nitrogens with one attached hydrogen (secondary N) is 4. The van der Waals surface area contributed by atoms with Crippen molar-refractivity contribution in [2.45, 2.75) is 92.3 Å². The first kappa shape index (κ1) is 68.3. The number of anilines is 2. The number of hydrogen-bond acceptors (Lipinski definition) is 20. The molecule has 22 nitrogen and oxygen atoms in total. The number of piperazine rings is 1. The Balaban J connectivity index is 0.913. The van der Waals surface area contributed by atoms with Gasteiger partial charge in [-0.2, -0.15) is 0 Å². The number of hydrogen-bond donors (Lipinski definition) is 4. The van der Waals surface area contributed by atoms with Crippen LogP contribution < -0.4 is 21.1 Å². The quantitative estimate of drug-likeness (QED) is 0.0307. The monoisotopic (exact) mass is 1140 g/mol. The third-order valence-corrected chi connectivity index (χ3v) is 12.4. The van der Waals surface area contributed by atoms with Gasteiger partial charge in [0, 0.05) is 105 Å². The van der Waals surface area contributed by atoms with Crippen LogP contribution >= 0.6 is 0 Å². The molecule has 1 amide bonds. The number of rotatable bonds is 45. The topological polar surface area (TPSA) is 253 Å². The van der Waals surface area contributed by atoms with E-state index in [1.807, 2.05) is 78.9 Å². The molecule has 0 spiro atoms. The van der Waals surface area contributed by atoms with Gasteiger partial charge >= 0.3 is 5.97 Å². The van der Waals surface area contributed by atoms with Crippen LogP contribution in [-0.4, -0.2) is 215 Å². The molecule has 0 saturated carbocycles. The summed E-state index contributed by atoms with van der Waals surface area (Å²) in [6.45, 7) is 26.3. The fourth-order valence-corrected chi connectivity index (χ4v) is 8.31. The maximum atomic E-state index is 13.7. The Morgan fingerprint density at radius 2 is 1.17 bits per heavy atom. The third kappa shape index (κ3) is 29.5. The number of pyridine rings is 2. The van der Waals surface area contributed by atoms with Crippen molar-refractivity contribution in [3.8, 4) is 11.1 Å². The zero-order chi connectivity index (χ0) is 58.5. The predicted molar refractivity (Wildman–Crippen MR) is 310 cm³/mol. The van der Waals surface area contributed by atoms with E-state index in [0.717, 1.165) is 60.9 Å². The Bertz CT molecular complexity index is 2320. The molecule has 0 radical (unpaired) electrons. The molecule has 1 aromatic carbocycles. The minimum atomic E-state index is -0.487. The molecule has 0 atom stereocenters. The molecular formula is C59H93N7O15. The lowest BCUT2D eigenvalue weighted by atomic mass is 9.97. The van der Waals surface area contributed by atoms with Gasteiger partial charge < -0.3 is 78.0 Å². The SMILES string of the molecule is Cc1cc(C)c(CNC(=O)c2cc(-c3ccc(N4CCN(CCC(=O)CCCOCCOCCOCCOCCOCCOCCOCCOCCOCCOCCC(=O)OC(C)(C)C)CC4)nc3)cc(NC(C)C)c2C=N)c(=O)[nH]1. The maximum absolute atomic E-state index is 13.7. The number of H-pyrrole nitrogens is 1. The highest BCUT2D eigenvalue weighted by atomic mass is 16.6. The summed E-state index contributed by atoms with van der Waals surface area (Å²) in [5.74, 6) is 0.431. The largest absolute Gasteiger partial charge is 0.460 e. The second kappa shape index (κ2) is 40.1. The van der Waals surface area contributed by atoms with Gasteiger partial charge in [0.2, 0.25) is 0 Å². The molecule has 1 fully saturated rings. The highest BCUT2D eigenvalue weighted by Crippen LogP contribution is 2.30. The molecule has 1 aliphatic rings. The zero-order valence-corrected chi connectivity index (χ0v) is 49.3. The summed E-state index contributed by atoms with van der Waals surface area (Å²) >= 11 is 0. The minimum Gasteiger partial charge on any atom is -0.460 e. The molecule has 2 aromatic heterocycles. The summed E-state index contributed by atoms with van der Waals surface area (Å²) < 4.78 is 60.4. The lowest BCUT2D eigenvalue weighted by Crippen LogP contribution is -2.47. The van der Waals surface area contributed by atoms with E-state index in [4.69, 9.17) is 62.5 Å². The first-order valence-corrected chi connectivity index (χ1v) is 28.5. The Kier molecular flexibility index (Phi) is 33.8. The van der Waals surface area contributed by atoms with Crippen molar-refractivity contribution in [2.24, 2.45) is 0 Å². The van der Waals surface area contributed by atoms with Crippen molar-refractivity contribution in [1.29, 1.82) is 5.41 Å². The number of ether oxygens (including phenoxy) is 11. The number of benzene rings is 1. The number of amides is 1. The normalized spacial score (nSPS) is 13.0. The predicted octanol–water partition coefficient (Wildman–Crippen LogP) is 5.56. The van der Waals surface area contributed by atoms with E-state index in [1.165, 1.54) is 6.21 Å². The second-order valence-corrected chi connectivity index (χ2v) is 20.6. The lowest BCUT2D eigenvalue weighted by Gasteiger charge is -2.35. The average Bonchev–Trinajstić information content (AvgIpc) is 3.64. The fourth-order valence-electron chi connectivity index (χ4n) is 8.31. The van der Waals surface area contributed by atoms with E-state index in [1.54, 1.807) is 6.07 Å². The average molecular weight is 1140 g/mol. The zero-order valence-electron chi connectivity index (χ0n) is 49.3. The molecule has 81 heavy (non-hydrogen) atoms. The van der Waals surface area contributed by atoms with Gasteiger partial charge in [-0.3, -0.25) is 24.1 Å². The van der Waals surface area contributed by atoms with E-state index in [2.05, 4.69) is 25.4 Å². The van der Waals surface area contributed by atoms with Crippen molar-refractivity contribution in [1.82, 2.24) is 20.2 Å². The van der Waals surface area contributed by atoms with Gasteiger partial charge in [-0.15, -0.1) is 0 Å². The van der Waals surface area contributed by atoms with Crippen LogP contribution in [0.2, 0.25) is 0 Å². The van der Waals surface area contributed by atoms with Gasteiger partial charge in [0.05, 0.1) is 138 Å². The highest BCUT2D eigenvalue weighted by molar-refractivity contribution is 6.06. The van der Waals surface area contributed by atoms with Crippen molar-refractivity contribution in [2.75, 3.05) is 175 Å². The van der Waals surface area contributed by atoms with Crippen molar-refractivity contribution in [3.05, 3.63) is 74.8 Å². The van der Waals surface area contributed by atoms with Crippen LogP contribution in [0.25, 0.3) is 11.1 Å². The summed E-state index contributed by atoms with van der Waals surface area (Å²) in [6, 6.07) is 9.62. The van der Waals surface area contributed by atoms with Crippen LogP contribution in [0.4, 0.5) is 11.5 Å². The number of carbonyl (C=O) groups excluding carboxylic acids is 3. The first-order valence-electron chi connectivity index (χ1n) is 28.5. The van der Waals surface area contributed by atoms with Crippen molar-refractivity contribution in [3.63, 3.8) is 0 Å². The number of aromatic amines is 1. The van der Waals surface area contributed by atoms with Gasteiger partial charge in [0.1, 0.15) is 17.2 Å². The molecule has 3 aromatic rings. The Morgan fingerprint density at radius 3 is 1.63 bits per heavy atom. The number of carbonyl (C=O) groups is 3. The number of aryl methyl sites for hydroxylation is 2. The van der Waals surface area contributed by atoms with Crippen LogP contribution in [0.3, 0.4) is 0 Å². The Labute approximate surface area is 479 Å². The number of esters is 1. The Hall–Kier alpha value is -5.24. The summed E-state index contributed by atoms with van der Waals surface area (Å²) in [5.41, 5.74) is 4.35. The standard InChI is InChI=1S/C59H93N7O15/c1-45(2)63-54-41-49(40-51(52(54)42-60)57(69)62-44-53-46(3)39-47(4)64-58(53)70)48-10-11-55(61-43-48)66-17-15-65(16-18-66)14-12-50(67)9-8-19-71-21-23-73-25-27-75-29-31-77-33-35-79-37-38-80-36-34-78-32-30-76-28-26-74-24-22-72-20-13-56(68)81-59(5,6)7/h10-11,39-43,45,60,63H,8-9,12-38,44H2,1-7H3,(H,62,69)(H,64,70). The van der Waals surface area contributed by atoms with E-state index in [0.29, 0.717) is 174 Å². The first-order chi connectivity index (χ1) is 39.1. The van der Waals surface area contributed by atoms with E-state index < -0.39 is 5.60 Å². The summed E-state index contributed by atoms with van der Waals surface area (Å²) in [7, 11) is 0. The van der Waals surface area contributed by atoms with Crippen LogP contribution in [-0.2, 0) is 68.2 Å². The number of aromatic nitrogens is 2. The van der Waals surface area contributed by atoms with Gasteiger partial charge in [-0.05, 0) is 96.3 Å². The minimum absolute atomic E-state index is 0.0512. The van der Waals surface area contributed by atoms with Crippen LogP contribution in [0.15, 0.2) is 41.3 Å². The van der Waals surface area contributed by atoms with Crippen molar-refractivity contribution < 1.29 is 66.5 Å². The maximum Gasteiger partial charge on any atom is 0.308 e. The van der Waals surface area contributed by atoms with Crippen LogP contribution in [0.5, 0.6) is 0 Å². The van der Waals surface area contributed by atoms with E-state index in [-0.39, 0.29) is 42.2 Å². The molecule has 4 rings (SSSR count). The molecule has 454 valence electrons. The molecular weight excluding hydrogens is 1050 g/mol. The molecule has 0 bridgehead atoms. The summed E-state index contributed by atoms with van der Waals surface area (Å²) in [6.07, 6.45) is 4.88. The highest BCUT2D eigenvalue weighted by Gasteiger charge is 2.22. The number of nitrogens with zero attached hydrogens (tertiary/aromatic N) is 3. The third-order valence-electron chi connectivity index (χ3n) is 12.4. The van der Waals surface area contributed by atoms with Gasteiger partial charge in [0.25, 0.3) is 11.5 Å². The Morgan fingerprint density at radius 1 is 0.667 bits per heavy atom. The molecule has 0 aliphatic carbocycles. The van der Waals surface area contributed by atoms with E-state index in [9.17, 15) is 19.2 Å². The van der Waals surface area contributed by atoms with Crippen molar-refractivity contribution >= 4 is 35.4 Å². The molecule has 22 heteroatoms. The molecule has 1 saturated heterocycles. The number of ketones is 1. The lowest BCUT2D eigenvalue weighted by molar-refractivity contribution is -0.156. The summed E-state index contributed by atoms with van der Waals surface area (Å²) in [5, 5.41) is 14.5. The molecule has 3 heterocycles. The van der Waals surface area contributed by atoms with Gasteiger partial charge in [-0.1, -0.05) is 0 Å². The smallest absolute Gasteiger partial charge is 0.308 e. The van der Waals surface area contributed by atoms with E-state index >= 15 is 0 Å². The summed E-state index contributed by atoms with van der Waals surface area (Å²) in [4.78, 5) is 62.8. The molecule has 1 aliphatic heterocycles. The van der Waals surface area contributed by atoms with Crippen LogP contribution in [0.1, 0.15) is 93.0 Å². The molecule has 4 N–H and O–H groups in total. The van der Waals surface area contributed by atoms with Gasteiger partial charge in [0.15, 0.2) is 0 Å². The number of Topliss-reactive ketones (excluding diaryl/α,β-unsaturated/α-hetero) is 1. The van der Waals surface area contributed by atoms with Gasteiger partial charge in [-0.25, -0.2) is 4.98 Å². The second-order valence-electron chi connectivity index (χ2n) is 20.6. The van der Waals surface area contributed by atoms with Crippen LogP contribution in [0, 0.1) is 19.3 Å².